The van der Waals surface area contributed by atoms with Crippen molar-refractivity contribution in [2.45, 2.75) is 81.6 Å². The normalized spacial score (nSPS) is 8.52. The van der Waals surface area contributed by atoms with Crippen LogP contribution in [0.5, 0.6) is 0 Å². The third-order valence-electron chi connectivity index (χ3n) is 2.80. The molecule has 0 aliphatic carbocycles. The van der Waals surface area contributed by atoms with E-state index < -0.39 is 0 Å². The molecule has 1 rings (SSSR count). The van der Waals surface area contributed by atoms with Crippen LogP contribution in [0.1, 0.15) is 87.1 Å². The Kier molecular flexibility index (Phi) is 22.6. The standard InChI is InChI=1S/C14H23N.3C2H6/c1-5-11-15(6-2)14-9-7-13(8-10-14)12(3)4;3*1-2/h7-10,12H,5-6,11H2,1-4H3;3*1-2H3. The van der Waals surface area contributed by atoms with Gasteiger partial charge in [-0.05, 0) is 37.0 Å². The maximum atomic E-state index is 2.42. The van der Waals surface area contributed by atoms with Crippen LogP contribution >= 0.6 is 0 Å². The molecule has 1 nitrogen and oxygen atoms in total. The highest BCUT2D eigenvalue weighted by molar-refractivity contribution is 5.47. The van der Waals surface area contributed by atoms with E-state index >= 15 is 0 Å². The summed E-state index contributed by atoms with van der Waals surface area (Å²) in [5.74, 6) is 0.625. The van der Waals surface area contributed by atoms with Crippen LogP contribution in [-0.2, 0) is 0 Å². The lowest BCUT2D eigenvalue weighted by molar-refractivity contribution is 0.790. The minimum Gasteiger partial charge on any atom is -0.372 e. The summed E-state index contributed by atoms with van der Waals surface area (Å²) in [6.07, 6.45) is 1.21. The van der Waals surface area contributed by atoms with Gasteiger partial charge in [0, 0.05) is 18.8 Å². The maximum absolute atomic E-state index is 2.42. The molecule has 0 amide bonds. The van der Waals surface area contributed by atoms with Crippen LogP contribution in [0.3, 0.4) is 0 Å². The molecule has 0 bridgehead atoms. The topological polar surface area (TPSA) is 3.24 Å². The van der Waals surface area contributed by atoms with E-state index in [0.717, 1.165) is 13.1 Å². The minimum absolute atomic E-state index is 0.625. The van der Waals surface area contributed by atoms with E-state index in [1.54, 1.807) is 0 Å². The highest BCUT2D eigenvalue weighted by Gasteiger charge is 2.03. The molecule has 0 unspecified atom stereocenters. The molecule has 0 radical (unpaired) electrons. The summed E-state index contributed by atoms with van der Waals surface area (Å²) in [6.45, 7) is 23.2. The quantitative estimate of drug-likeness (QED) is 0.558. The van der Waals surface area contributed by atoms with Crippen molar-refractivity contribution in [2.24, 2.45) is 0 Å². The van der Waals surface area contributed by atoms with Gasteiger partial charge in [-0.1, -0.05) is 74.4 Å². The first-order valence-corrected chi connectivity index (χ1v) is 9.04. The molecule has 1 aromatic carbocycles. The fourth-order valence-electron chi connectivity index (χ4n) is 1.81. The molecule has 0 aliphatic heterocycles. The molecule has 0 saturated carbocycles. The van der Waals surface area contributed by atoms with Crippen LogP contribution in [0.4, 0.5) is 5.69 Å². The first-order valence-electron chi connectivity index (χ1n) is 9.04. The highest BCUT2D eigenvalue weighted by Crippen LogP contribution is 2.20. The molecule has 0 spiro atoms. The average molecular weight is 296 g/mol. The molecule has 1 aromatic rings. The number of benzene rings is 1. The lowest BCUT2D eigenvalue weighted by atomic mass is 10.0. The number of hydrogen-bond acceptors (Lipinski definition) is 1. The van der Waals surface area contributed by atoms with Gasteiger partial charge in [-0.3, -0.25) is 0 Å². The van der Waals surface area contributed by atoms with E-state index in [4.69, 9.17) is 0 Å². The van der Waals surface area contributed by atoms with Gasteiger partial charge in [0.05, 0.1) is 0 Å². The Morgan fingerprint density at radius 2 is 1.24 bits per heavy atom. The van der Waals surface area contributed by atoms with Gasteiger partial charge in [0.15, 0.2) is 0 Å². The van der Waals surface area contributed by atoms with Crippen molar-refractivity contribution in [1.29, 1.82) is 0 Å². The molecule has 0 saturated heterocycles. The van der Waals surface area contributed by atoms with Gasteiger partial charge in [-0.25, -0.2) is 0 Å². The average Bonchev–Trinajstić information content (AvgIpc) is 2.58. The molecule has 0 atom stereocenters. The van der Waals surface area contributed by atoms with E-state index in [2.05, 4.69) is 56.9 Å². The molecular weight excluding hydrogens is 254 g/mol. The molecule has 126 valence electrons. The zero-order valence-corrected chi connectivity index (χ0v) is 16.5. The largest absolute Gasteiger partial charge is 0.372 e. The van der Waals surface area contributed by atoms with Crippen molar-refractivity contribution in [2.75, 3.05) is 18.0 Å². The molecule has 0 heterocycles. The van der Waals surface area contributed by atoms with E-state index in [9.17, 15) is 0 Å². The predicted octanol–water partition coefficient (Wildman–Crippen LogP) is 7.12. The molecule has 1 heteroatoms. The van der Waals surface area contributed by atoms with Crippen LogP contribution < -0.4 is 4.90 Å². The maximum Gasteiger partial charge on any atom is 0.0366 e. The fraction of sp³-hybridized carbons (Fsp3) is 0.700. The van der Waals surface area contributed by atoms with Gasteiger partial charge >= 0.3 is 0 Å². The Morgan fingerprint density at radius 1 is 0.810 bits per heavy atom. The van der Waals surface area contributed by atoms with E-state index in [0.29, 0.717) is 5.92 Å². The Balaban J connectivity index is -0.000000478. The zero-order chi connectivity index (χ0) is 17.3. The smallest absolute Gasteiger partial charge is 0.0366 e. The Morgan fingerprint density at radius 3 is 1.52 bits per heavy atom. The van der Waals surface area contributed by atoms with E-state index in [1.165, 1.54) is 17.7 Å². The fourth-order valence-corrected chi connectivity index (χ4v) is 1.81. The van der Waals surface area contributed by atoms with Crippen molar-refractivity contribution in [3.63, 3.8) is 0 Å². The third kappa shape index (κ3) is 11.4. The molecule has 21 heavy (non-hydrogen) atoms. The second kappa shape index (κ2) is 19.0. The van der Waals surface area contributed by atoms with Crippen molar-refractivity contribution in [3.05, 3.63) is 29.8 Å². The Bertz CT molecular complexity index is 274. The van der Waals surface area contributed by atoms with Crippen LogP contribution in [0.25, 0.3) is 0 Å². The third-order valence-corrected chi connectivity index (χ3v) is 2.80. The number of rotatable bonds is 5. The van der Waals surface area contributed by atoms with Crippen LogP contribution in [0, 0.1) is 0 Å². The Hall–Kier alpha value is -0.980. The zero-order valence-electron chi connectivity index (χ0n) is 16.5. The molecular formula is C20H41N. The second-order valence-electron chi connectivity index (χ2n) is 4.33. The summed E-state index contributed by atoms with van der Waals surface area (Å²) >= 11 is 0. The van der Waals surface area contributed by atoms with Gasteiger partial charge in [0.25, 0.3) is 0 Å². The molecule has 0 N–H and O–H groups in total. The lowest BCUT2D eigenvalue weighted by Gasteiger charge is -2.22. The first-order chi connectivity index (χ1) is 10.2. The van der Waals surface area contributed by atoms with Crippen LogP contribution in [0.2, 0.25) is 0 Å². The minimum atomic E-state index is 0.625. The van der Waals surface area contributed by atoms with Gasteiger partial charge in [0.2, 0.25) is 0 Å². The molecule has 0 aromatic heterocycles. The van der Waals surface area contributed by atoms with Crippen molar-refractivity contribution in [1.82, 2.24) is 0 Å². The second-order valence-corrected chi connectivity index (χ2v) is 4.33. The summed E-state index contributed by atoms with van der Waals surface area (Å²) in [6, 6.07) is 8.99. The number of hydrogen-bond donors (Lipinski definition) is 0. The van der Waals surface area contributed by atoms with Crippen molar-refractivity contribution < 1.29 is 0 Å². The summed E-state index contributed by atoms with van der Waals surface area (Å²) in [7, 11) is 0. The summed E-state index contributed by atoms with van der Waals surface area (Å²) in [5.41, 5.74) is 2.77. The van der Waals surface area contributed by atoms with Crippen molar-refractivity contribution in [3.8, 4) is 0 Å². The van der Waals surface area contributed by atoms with Gasteiger partial charge in [-0.2, -0.15) is 0 Å². The molecule has 0 fully saturated rings. The number of anilines is 1. The van der Waals surface area contributed by atoms with Crippen LogP contribution in [0.15, 0.2) is 24.3 Å². The van der Waals surface area contributed by atoms with E-state index in [-0.39, 0.29) is 0 Å². The summed E-state index contributed by atoms with van der Waals surface area (Å²) < 4.78 is 0. The van der Waals surface area contributed by atoms with E-state index in [1.807, 2.05) is 41.5 Å². The summed E-state index contributed by atoms with van der Waals surface area (Å²) in [5, 5.41) is 0. The number of nitrogens with zero attached hydrogens (tertiary/aromatic N) is 1. The van der Waals surface area contributed by atoms with Gasteiger partial charge in [-0.15, -0.1) is 0 Å². The molecule has 0 aliphatic rings. The highest BCUT2D eigenvalue weighted by atomic mass is 15.1. The Labute approximate surface area is 135 Å². The predicted molar refractivity (Wildman–Crippen MR) is 103 cm³/mol. The van der Waals surface area contributed by atoms with Crippen molar-refractivity contribution >= 4 is 5.69 Å². The lowest BCUT2D eigenvalue weighted by Crippen LogP contribution is -2.23. The van der Waals surface area contributed by atoms with Gasteiger partial charge < -0.3 is 4.90 Å². The SMILES string of the molecule is CC.CC.CC.CCCN(CC)c1ccc(C(C)C)cc1. The summed E-state index contributed by atoms with van der Waals surface area (Å²) in [4.78, 5) is 2.42. The first kappa shape index (κ1) is 25.0. The van der Waals surface area contributed by atoms with Gasteiger partial charge in [0.1, 0.15) is 0 Å². The van der Waals surface area contributed by atoms with Crippen LogP contribution in [-0.4, -0.2) is 13.1 Å². The monoisotopic (exact) mass is 295 g/mol.